The van der Waals surface area contributed by atoms with Gasteiger partial charge >= 0.3 is 0 Å². The number of likely N-dealkylation sites (tertiary alicyclic amines) is 1. The lowest BCUT2D eigenvalue weighted by molar-refractivity contribution is -0.0944. The molecule has 2 aliphatic rings. The predicted octanol–water partition coefficient (Wildman–Crippen LogP) is 2.78. The first-order valence-electron chi connectivity index (χ1n) is 9.93. The van der Waals surface area contributed by atoms with E-state index in [0.29, 0.717) is 6.54 Å². The van der Waals surface area contributed by atoms with E-state index in [1.54, 1.807) is 17.5 Å². The number of aryl methyl sites for hydroxylation is 1. The van der Waals surface area contributed by atoms with Gasteiger partial charge in [-0.15, -0.1) is 11.3 Å². The van der Waals surface area contributed by atoms with E-state index < -0.39 is 0 Å². The van der Waals surface area contributed by atoms with Crippen LogP contribution in [0.5, 0.6) is 0 Å². The molecule has 0 radical (unpaired) electrons. The summed E-state index contributed by atoms with van der Waals surface area (Å²) < 4.78 is 8.35. The molecule has 0 unspecified atom stereocenters. The molecule has 2 aliphatic heterocycles. The summed E-state index contributed by atoms with van der Waals surface area (Å²) in [7, 11) is 0. The fraction of sp³-hybridized carbons (Fsp3) is 0.600. The maximum atomic E-state index is 12.7. The van der Waals surface area contributed by atoms with Crippen LogP contribution in [0.3, 0.4) is 0 Å². The molecule has 1 saturated heterocycles. The summed E-state index contributed by atoms with van der Waals surface area (Å²) in [6, 6.07) is 2.08. The Balaban J connectivity index is 1.49. The molecule has 1 spiro atoms. The van der Waals surface area contributed by atoms with Gasteiger partial charge in [0.25, 0.3) is 5.91 Å². The molecule has 27 heavy (non-hydrogen) atoms. The number of hydrogen-bond donors (Lipinski definition) is 1. The monoisotopic (exact) mass is 388 g/mol. The Hall–Kier alpha value is -1.70. The van der Waals surface area contributed by atoms with Crippen molar-refractivity contribution < 1.29 is 9.53 Å². The van der Waals surface area contributed by atoms with Crippen LogP contribution in [0.25, 0.3) is 0 Å². The molecule has 7 heteroatoms. The topological polar surface area (TPSA) is 59.4 Å². The molecule has 0 atom stereocenters. The second-order valence-electron chi connectivity index (χ2n) is 7.30. The van der Waals surface area contributed by atoms with Gasteiger partial charge in [-0.2, -0.15) is 0 Å². The van der Waals surface area contributed by atoms with Crippen molar-refractivity contribution in [3.8, 4) is 0 Å². The normalized spacial score (nSPS) is 19.2. The minimum atomic E-state index is -0.180. The summed E-state index contributed by atoms with van der Waals surface area (Å²) >= 11 is 1.62. The van der Waals surface area contributed by atoms with Gasteiger partial charge in [-0.05, 0) is 44.4 Å². The molecule has 1 amide bonds. The zero-order chi connectivity index (χ0) is 18.9. The zero-order valence-electron chi connectivity index (χ0n) is 16.2. The van der Waals surface area contributed by atoms with Gasteiger partial charge in [-0.3, -0.25) is 4.79 Å². The number of ether oxygens (including phenoxy) is 1. The first-order chi connectivity index (χ1) is 13.1. The smallest absolute Gasteiger partial charge is 0.261 e. The van der Waals surface area contributed by atoms with Crippen molar-refractivity contribution in [3.63, 3.8) is 0 Å². The van der Waals surface area contributed by atoms with E-state index in [2.05, 4.69) is 35.1 Å². The molecule has 146 valence electrons. The first kappa shape index (κ1) is 18.7. The Bertz CT molecular complexity index is 805. The standard InChI is InChI=1S/C20H28N4O2S/c1-3-23-9-6-20(7-10-23)18-15(5-12-26-20)13-16(27-18)19(25)22-14-17-21-8-11-24(17)4-2/h8,11,13H,3-7,9-10,12,14H2,1-2H3,(H,22,25). The summed E-state index contributed by atoms with van der Waals surface area (Å²) in [6.45, 7) is 9.57. The summed E-state index contributed by atoms with van der Waals surface area (Å²) in [6.07, 6.45) is 6.65. The lowest BCUT2D eigenvalue weighted by atomic mass is 9.85. The Morgan fingerprint density at radius 2 is 2.15 bits per heavy atom. The highest BCUT2D eigenvalue weighted by Crippen LogP contribution is 2.45. The van der Waals surface area contributed by atoms with Gasteiger partial charge in [0.1, 0.15) is 11.4 Å². The molecule has 0 aliphatic carbocycles. The predicted molar refractivity (Wildman–Crippen MR) is 106 cm³/mol. The third-order valence-corrected chi connectivity index (χ3v) is 7.22. The van der Waals surface area contributed by atoms with Crippen molar-refractivity contribution in [1.82, 2.24) is 19.8 Å². The maximum Gasteiger partial charge on any atom is 0.261 e. The number of rotatable bonds is 5. The van der Waals surface area contributed by atoms with Crippen LogP contribution in [0, 0.1) is 0 Å². The van der Waals surface area contributed by atoms with E-state index in [1.165, 1.54) is 10.4 Å². The summed E-state index contributed by atoms with van der Waals surface area (Å²) in [5, 5.41) is 3.03. The number of amides is 1. The van der Waals surface area contributed by atoms with E-state index in [9.17, 15) is 4.79 Å². The molecule has 2 aromatic heterocycles. The van der Waals surface area contributed by atoms with Crippen molar-refractivity contribution in [2.75, 3.05) is 26.2 Å². The van der Waals surface area contributed by atoms with Crippen LogP contribution in [0.15, 0.2) is 18.5 Å². The number of nitrogens with zero attached hydrogens (tertiary/aromatic N) is 3. The molecule has 6 nitrogen and oxygen atoms in total. The number of carbonyl (C=O) groups excluding carboxylic acids is 1. The minimum absolute atomic E-state index is 0.0128. The van der Waals surface area contributed by atoms with E-state index in [1.807, 2.05) is 10.8 Å². The molecule has 4 heterocycles. The van der Waals surface area contributed by atoms with Crippen molar-refractivity contribution >= 4 is 17.2 Å². The highest BCUT2D eigenvalue weighted by atomic mass is 32.1. The second-order valence-corrected chi connectivity index (χ2v) is 8.36. The molecule has 0 saturated carbocycles. The van der Waals surface area contributed by atoms with E-state index in [4.69, 9.17) is 4.74 Å². The van der Waals surface area contributed by atoms with Crippen LogP contribution in [-0.4, -0.2) is 46.6 Å². The lowest BCUT2D eigenvalue weighted by Crippen LogP contribution is -2.45. The van der Waals surface area contributed by atoms with Gasteiger partial charge in [-0.1, -0.05) is 6.92 Å². The van der Waals surface area contributed by atoms with Crippen molar-refractivity contribution in [2.45, 2.75) is 51.8 Å². The SMILES string of the molecule is CCN1CCC2(CC1)OCCc1cc(C(=O)NCc3nccn3CC)sc12. The van der Waals surface area contributed by atoms with Gasteiger partial charge in [-0.25, -0.2) is 4.98 Å². The number of hydrogen-bond acceptors (Lipinski definition) is 5. The Morgan fingerprint density at radius 3 is 2.89 bits per heavy atom. The third kappa shape index (κ3) is 3.56. The van der Waals surface area contributed by atoms with E-state index in [-0.39, 0.29) is 11.5 Å². The summed E-state index contributed by atoms with van der Waals surface area (Å²) in [5.74, 6) is 0.875. The zero-order valence-corrected chi connectivity index (χ0v) is 17.0. The average Bonchev–Trinajstić information content (AvgIpc) is 3.34. The Morgan fingerprint density at radius 1 is 1.33 bits per heavy atom. The Kier molecular flexibility index (Phi) is 5.34. The van der Waals surface area contributed by atoms with Crippen molar-refractivity contribution in [3.05, 3.63) is 39.6 Å². The fourth-order valence-corrected chi connectivity index (χ4v) is 5.50. The van der Waals surface area contributed by atoms with Gasteiger partial charge in [0.15, 0.2) is 0 Å². The number of nitrogens with one attached hydrogen (secondary N) is 1. The van der Waals surface area contributed by atoms with Crippen molar-refractivity contribution in [1.29, 1.82) is 0 Å². The molecular formula is C20H28N4O2S. The highest BCUT2D eigenvalue weighted by molar-refractivity contribution is 7.14. The molecule has 0 aromatic carbocycles. The van der Waals surface area contributed by atoms with Crippen molar-refractivity contribution in [2.24, 2.45) is 0 Å². The number of carbonyl (C=O) groups is 1. The quantitative estimate of drug-likeness (QED) is 0.856. The van der Waals surface area contributed by atoms with Crippen LogP contribution in [0.1, 0.15) is 52.6 Å². The van der Waals surface area contributed by atoms with E-state index in [0.717, 1.165) is 62.7 Å². The number of piperidine rings is 1. The molecular weight excluding hydrogens is 360 g/mol. The number of imidazole rings is 1. The van der Waals surface area contributed by atoms with Crippen LogP contribution in [0.4, 0.5) is 0 Å². The number of fused-ring (bicyclic) bond motifs is 2. The number of thiophene rings is 1. The van der Waals surface area contributed by atoms with Crippen LogP contribution >= 0.6 is 11.3 Å². The third-order valence-electron chi connectivity index (χ3n) is 5.86. The van der Waals surface area contributed by atoms with Crippen LogP contribution < -0.4 is 5.32 Å². The largest absolute Gasteiger partial charge is 0.369 e. The van der Waals surface area contributed by atoms with Crippen LogP contribution in [-0.2, 0) is 29.8 Å². The lowest BCUT2D eigenvalue weighted by Gasteiger charge is -2.43. The Labute approximate surface area is 164 Å². The fourth-order valence-electron chi connectivity index (χ4n) is 4.18. The number of aromatic nitrogens is 2. The van der Waals surface area contributed by atoms with Gasteiger partial charge in [0.05, 0.1) is 18.0 Å². The molecule has 1 N–H and O–H groups in total. The average molecular weight is 389 g/mol. The summed E-state index contributed by atoms with van der Waals surface area (Å²) in [5.41, 5.74) is 1.12. The van der Waals surface area contributed by atoms with Gasteiger partial charge in [0, 0.05) is 36.9 Å². The first-order valence-corrected chi connectivity index (χ1v) is 10.7. The van der Waals surface area contributed by atoms with Gasteiger partial charge < -0.3 is 19.5 Å². The second kappa shape index (κ2) is 7.73. The van der Waals surface area contributed by atoms with Gasteiger partial charge in [0.2, 0.25) is 0 Å². The minimum Gasteiger partial charge on any atom is -0.369 e. The maximum absolute atomic E-state index is 12.7. The molecule has 2 aromatic rings. The molecule has 0 bridgehead atoms. The van der Waals surface area contributed by atoms with Crippen LogP contribution in [0.2, 0.25) is 0 Å². The molecule has 1 fully saturated rings. The highest BCUT2D eigenvalue weighted by Gasteiger charge is 2.42. The summed E-state index contributed by atoms with van der Waals surface area (Å²) in [4.78, 5) is 21.6. The molecule has 4 rings (SSSR count). The van der Waals surface area contributed by atoms with E-state index >= 15 is 0 Å².